The first-order chi connectivity index (χ1) is 11.8. The molecule has 2 aliphatic rings. The summed E-state index contributed by atoms with van der Waals surface area (Å²) in [7, 11) is 0. The maximum Gasteiger partial charge on any atom is 0.223 e. The van der Waals surface area contributed by atoms with Crippen molar-refractivity contribution < 1.29 is 4.79 Å². The number of piperidine rings is 1. The molecular weight excluding hydrogens is 300 g/mol. The van der Waals surface area contributed by atoms with Gasteiger partial charge in [0.2, 0.25) is 5.91 Å². The van der Waals surface area contributed by atoms with Crippen LogP contribution in [0.15, 0.2) is 49.1 Å². The monoisotopic (exact) mass is 322 g/mol. The summed E-state index contributed by atoms with van der Waals surface area (Å²) in [5, 5.41) is 0. The lowest BCUT2D eigenvalue weighted by Crippen LogP contribution is -2.52. The molecular formula is C19H22N4O. The summed E-state index contributed by atoms with van der Waals surface area (Å²) in [5.74, 6) is 0.293. The third-order valence-electron chi connectivity index (χ3n) is 5.47. The second-order valence-corrected chi connectivity index (χ2v) is 6.76. The van der Waals surface area contributed by atoms with Crippen LogP contribution in [0, 0.1) is 0 Å². The Bertz CT molecular complexity index is 696. The van der Waals surface area contributed by atoms with Gasteiger partial charge in [-0.05, 0) is 49.1 Å². The Morgan fingerprint density at radius 2 is 1.79 bits per heavy atom. The highest BCUT2D eigenvalue weighted by Crippen LogP contribution is 2.40. The smallest absolute Gasteiger partial charge is 0.223 e. The summed E-state index contributed by atoms with van der Waals surface area (Å²) in [5.41, 5.74) is 2.37. The molecule has 2 aromatic rings. The average molecular weight is 322 g/mol. The van der Waals surface area contributed by atoms with E-state index in [1.54, 1.807) is 18.6 Å². The predicted molar refractivity (Wildman–Crippen MR) is 92.4 cm³/mol. The van der Waals surface area contributed by atoms with E-state index in [1.165, 1.54) is 5.69 Å². The molecule has 1 spiro atoms. The van der Waals surface area contributed by atoms with Gasteiger partial charge in [0, 0.05) is 50.2 Å². The summed E-state index contributed by atoms with van der Waals surface area (Å²) >= 11 is 0. The fourth-order valence-corrected chi connectivity index (χ4v) is 4.04. The molecule has 2 aromatic heterocycles. The van der Waals surface area contributed by atoms with Crippen LogP contribution in [0.2, 0.25) is 0 Å². The highest BCUT2D eigenvalue weighted by atomic mass is 16.2. The number of amides is 1. The Kier molecular flexibility index (Phi) is 3.92. The number of rotatable bonds is 3. The van der Waals surface area contributed by atoms with E-state index >= 15 is 0 Å². The van der Waals surface area contributed by atoms with Crippen LogP contribution in [-0.2, 0) is 11.3 Å². The number of hydrogen-bond acceptors (Lipinski definition) is 4. The van der Waals surface area contributed by atoms with Gasteiger partial charge in [0.15, 0.2) is 0 Å². The first-order valence-electron chi connectivity index (χ1n) is 8.61. The lowest BCUT2D eigenvalue weighted by molar-refractivity contribution is -0.132. The quantitative estimate of drug-likeness (QED) is 0.872. The van der Waals surface area contributed by atoms with E-state index < -0.39 is 0 Å². The summed E-state index contributed by atoms with van der Waals surface area (Å²) in [4.78, 5) is 25.3. The molecule has 0 aliphatic carbocycles. The summed E-state index contributed by atoms with van der Waals surface area (Å²) in [6, 6.07) is 8.10. The normalized spacial score (nSPS) is 19.9. The Labute approximate surface area is 142 Å². The molecule has 0 bridgehead atoms. The van der Waals surface area contributed by atoms with Gasteiger partial charge < -0.3 is 9.80 Å². The van der Waals surface area contributed by atoms with Crippen molar-refractivity contribution >= 4 is 11.6 Å². The van der Waals surface area contributed by atoms with Crippen LogP contribution in [-0.4, -0.2) is 39.4 Å². The number of likely N-dealkylation sites (tertiary alicyclic amines) is 1. The minimum Gasteiger partial charge on any atom is -0.370 e. The first-order valence-corrected chi connectivity index (χ1v) is 8.61. The van der Waals surface area contributed by atoms with Crippen LogP contribution >= 0.6 is 0 Å². The summed E-state index contributed by atoms with van der Waals surface area (Å²) < 4.78 is 0. The number of anilines is 1. The van der Waals surface area contributed by atoms with Crippen LogP contribution in [0.5, 0.6) is 0 Å². The molecule has 2 aliphatic heterocycles. The number of hydrogen-bond donors (Lipinski definition) is 0. The minimum absolute atomic E-state index is 0.0268. The van der Waals surface area contributed by atoms with Crippen molar-refractivity contribution in [2.75, 3.05) is 18.0 Å². The molecule has 0 N–H and O–H groups in total. The predicted octanol–water partition coefficient (Wildman–Crippen LogP) is 2.64. The molecule has 0 aromatic carbocycles. The Morgan fingerprint density at radius 3 is 2.50 bits per heavy atom. The molecule has 2 fully saturated rings. The van der Waals surface area contributed by atoms with Crippen LogP contribution in [0.3, 0.4) is 0 Å². The minimum atomic E-state index is 0.0268. The summed E-state index contributed by atoms with van der Waals surface area (Å²) in [6.07, 6.45) is 11.0. The third kappa shape index (κ3) is 2.75. The van der Waals surface area contributed by atoms with Gasteiger partial charge in [0.05, 0.1) is 11.9 Å². The molecule has 5 nitrogen and oxygen atoms in total. The highest BCUT2D eigenvalue weighted by molar-refractivity contribution is 5.79. The zero-order valence-electron chi connectivity index (χ0n) is 13.8. The fraction of sp³-hybridized carbons (Fsp3) is 0.421. The van der Waals surface area contributed by atoms with Gasteiger partial charge >= 0.3 is 0 Å². The van der Waals surface area contributed by atoms with Crippen molar-refractivity contribution in [3.63, 3.8) is 0 Å². The lowest BCUT2D eigenvalue weighted by atomic mass is 9.84. The van der Waals surface area contributed by atoms with E-state index in [9.17, 15) is 4.79 Å². The van der Waals surface area contributed by atoms with E-state index in [-0.39, 0.29) is 5.54 Å². The van der Waals surface area contributed by atoms with Crippen molar-refractivity contribution in [3.8, 4) is 0 Å². The maximum atomic E-state index is 12.5. The third-order valence-corrected chi connectivity index (χ3v) is 5.47. The van der Waals surface area contributed by atoms with Crippen LogP contribution < -0.4 is 4.90 Å². The maximum absolute atomic E-state index is 12.5. The van der Waals surface area contributed by atoms with Gasteiger partial charge in [-0.2, -0.15) is 0 Å². The zero-order chi connectivity index (χ0) is 16.4. The second kappa shape index (κ2) is 6.23. The highest BCUT2D eigenvalue weighted by Gasteiger charge is 2.46. The Morgan fingerprint density at radius 1 is 1.00 bits per heavy atom. The van der Waals surface area contributed by atoms with Crippen LogP contribution in [0.1, 0.15) is 31.2 Å². The molecule has 4 heterocycles. The molecule has 0 radical (unpaired) electrons. The standard InChI is InChI=1S/C19H22N4O/c24-18-3-6-19(23(18)15-16-4-10-20-11-5-16)7-12-22(13-8-19)17-2-1-9-21-14-17/h1-2,4-5,9-11,14H,3,6-8,12-13,15H2. The van der Waals surface area contributed by atoms with E-state index in [1.807, 2.05) is 24.4 Å². The van der Waals surface area contributed by atoms with Crippen LogP contribution in [0.25, 0.3) is 0 Å². The molecule has 5 heteroatoms. The molecule has 2 saturated heterocycles. The molecule has 1 amide bonds. The van der Waals surface area contributed by atoms with E-state index in [0.717, 1.165) is 37.9 Å². The van der Waals surface area contributed by atoms with Gasteiger partial charge in [-0.15, -0.1) is 0 Å². The van der Waals surface area contributed by atoms with Gasteiger partial charge in [0.25, 0.3) is 0 Å². The van der Waals surface area contributed by atoms with Crippen molar-refractivity contribution in [1.82, 2.24) is 14.9 Å². The van der Waals surface area contributed by atoms with Crippen molar-refractivity contribution in [2.45, 2.75) is 37.8 Å². The topological polar surface area (TPSA) is 49.3 Å². The molecule has 0 unspecified atom stereocenters. The van der Waals surface area contributed by atoms with Crippen molar-refractivity contribution in [2.24, 2.45) is 0 Å². The number of carbonyl (C=O) groups excluding carboxylic acids is 1. The molecule has 4 rings (SSSR count). The van der Waals surface area contributed by atoms with Gasteiger partial charge in [-0.1, -0.05) is 0 Å². The molecule has 0 atom stereocenters. The van der Waals surface area contributed by atoms with Gasteiger partial charge in [0.1, 0.15) is 0 Å². The fourth-order valence-electron chi connectivity index (χ4n) is 4.04. The average Bonchev–Trinajstić information content (AvgIpc) is 2.94. The number of carbonyl (C=O) groups is 1. The van der Waals surface area contributed by atoms with Crippen molar-refractivity contribution in [1.29, 1.82) is 0 Å². The van der Waals surface area contributed by atoms with E-state index in [0.29, 0.717) is 18.9 Å². The lowest BCUT2D eigenvalue weighted by Gasteiger charge is -2.45. The van der Waals surface area contributed by atoms with E-state index in [4.69, 9.17) is 0 Å². The molecule has 124 valence electrons. The number of nitrogens with zero attached hydrogens (tertiary/aromatic N) is 4. The molecule has 24 heavy (non-hydrogen) atoms. The second-order valence-electron chi connectivity index (χ2n) is 6.76. The summed E-state index contributed by atoms with van der Waals surface area (Å²) in [6.45, 7) is 2.66. The number of pyridine rings is 2. The largest absolute Gasteiger partial charge is 0.370 e. The SMILES string of the molecule is O=C1CCC2(CCN(c3cccnc3)CC2)N1Cc1ccncc1. The van der Waals surface area contributed by atoms with Crippen molar-refractivity contribution in [3.05, 3.63) is 54.6 Å². The van der Waals surface area contributed by atoms with Gasteiger partial charge in [-0.25, -0.2) is 0 Å². The number of aromatic nitrogens is 2. The van der Waals surface area contributed by atoms with E-state index in [2.05, 4.69) is 25.8 Å². The van der Waals surface area contributed by atoms with Gasteiger partial charge in [-0.3, -0.25) is 14.8 Å². The Hall–Kier alpha value is -2.43. The molecule has 0 saturated carbocycles. The first kappa shape index (κ1) is 15.1. The zero-order valence-corrected chi connectivity index (χ0v) is 13.8. The van der Waals surface area contributed by atoms with Crippen LogP contribution in [0.4, 0.5) is 5.69 Å². The Balaban J connectivity index is 1.49.